The molecule has 0 bridgehead atoms. The van der Waals surface area contributed by atoms with E-state index in [1.807, 2.05) is 13.8 Å². The Morgan fingerprint density at radius 3 is 2.59 bits per heavy atom. The maximum atomic E-state index is 12.9. The van der Waals surface area contributed by atoms with Crippen LogP contribution in [0.25, 0.3) is 0 Å². The lowest BCUT2D eigenvalue weighted by atomic mass is 10.2. The Bertz CT molecular complexity index is 819. The van der Waals surface area contributed by atoms with E-state index in [0.29, 0.717) is 43.4 Å². The van der Waals surface area contributed by atoms with Crippen LogP contribution in [-0.2, 0) is 4.79 Å². The summed E-state index contributed by atoms with van der Waals surface area (Å²) in [5, 5.41) is 2.92. The van der Waals surface area contributed by atoms with Gasteiger partial charge in [-0.05, 0) is 49.9 Å². The van der Waals surface area contributed by atoms with E-state index in [2.05, 4.69) is 5.32 Å². The number of carbonyl (C=O) groups is 2. The number of carbonyl (C=O) groups excluding carboxylic acids is 2. The molecule has 7 heteroatoms. The third-order valence-corrected chi connectivity index (χ3v) is 4.68. The van der Waals surface area contributed by atoms with Crippen molar-refractivity contribution in [2.24, 2.45) is 0 Å². The highest BCUT2D eigenvalue weighted by molar-refractivity contribution is 6.00. The first kappa shape index (κ1) is 20.8. The first-order chi connectivity index (χ1) is 14.1. The summed E-state index contributed by atoms with van der Waals surface area (Å²) >= 11 is 0. The number of ether oxygens (including phenoxy) is 2. The van der Waals surface area contributed by atoms with E-state index in [1.54, 1.807) is 35.2 Å². The second-order valence-electron chi connectivity index (χ2n) is 6.98. The van der Waals surface area contributed by atoms with Crippen LogP contribution in [0.3, 0.4) is 0 Å². The molecule has 29 heavy (non-hydrogen) atoms. The molecular formula is C22H28N2O5. The minimum atomic E-state index is -0.524. The van der Waals surface area contributed by atoms with E-state index in [1.165, 1.54) is 6.26 Å². The highest BCUT2D eigenvalue weighted by Gasteiger charge is 2.35. The largest absolute Gasteiger partial charge is 0.490 e. The van der Waals surface area contributed by atoms with E-state index < -0.39 is 6.04 Å². The lowest BCUT2D eigenvalue weighted by Gasteiger charge is -2.23. The molecule has 0 aliphatic carbocycles. The highest BCUT2D eigenvalue weighted by atomic mass is 16.5. The molecule has 0 radical (unpaired) electrons. The second-order valence-corrected chi connectivity index (χ2v) is 6.98. The van der Waals surface area contributed by atoms with Gasteiger partial charge in [0.2, 0.25) is 5.91 Å². The van der Waals surface area contributed by atoms with Gasteiger partial charge in [0, 0.05) is 18.3 Å². The van der Waals surface area contributed by atoms with E-state index in [9.17, 15) is 9.59 Å². The molecule has 1 saturated heterocycles. The monoisotopic (exact) mass is 400 g/mol. The average molecular weight is 400 g/mol. The molecule has 2 aromatic rings. The Balaban J connectivity index is 1.71. The molecule has 2 amide bonds. The number of amides is 2. The molecular weight excluding hydrogens is 372 g/mol. The van der Waals surface area contributed by atoms with Crippen LogP contribution in [0.15, 0.2) is 41.0 Å². The van der Waals surface area contributed by atoms with Crippen molar-refractivity contribution in [1.29, 1.82) is 0 Å². The van der Waals surface area contributed by atoms with Crippen LogP contribution in [0.4, 0.5) is 5.69 Å². The van der Waals surface area contributed by atoms with E-state index in [0.717, 1.165) is 19.3 Å². The normalized spacial score (nSPS) is 15.9. The number of anilines is 1. The van der Waals surface area contributed by atoms with Gasteiger partial charge in [-0.2, -0.15) is 0 Å². The van der Waals surface area contributed by atoms with Crippen molar-refractivity contribution in [2.45, 2.75) is 45.6 Å². The van der Waals surface area contributed by atoms with Crippen molar-refractivity contribution in [3.05, 3.63) is 42.4 Å². The Labute approximate surface area is 171 Å². The maximum Gasteiger partial charge on any atom is 0.290 e. The van der Waals surface area contributed by atoms with Gasteiger partial charge in [0.1, 0.15) is 6.04 Å². The van der Waals surface area contributed by atoms with Gasteiger partial charge in [0.15, 0.2) is 17.3 Å². The quantitative estimate of drug-likeness (QED) is 0.685. The first-order valence-corrected chi connectivity index (χ1v) is 10.2. The van der Waals surface area contributed by atoms with Gasteiger partial charge in [-0.25, -0.2) is 0 Å². The fourth-order valence-corrected chi connectivity index (χ4v) is 3.29. The summed E-state index contributed by atoms with van der Waals surface area (Å²) in [5.41, 5.74) is 0.613. The molecule has 1 aromatic heterocycles. The fourth-order valence-electron chi connectivity index (χ4n) is 3.29. The number of hydrogen-bond acceptors (Lipinski definition) is 5. The molecule has 1 aliphatic heterocycles. The number of nitrogens with zero attached hydrogens (tertiary/aromatic N) is 1. The zero-order chi connectivity index (χ0) is 20.6. The number of furan rings is 1. The summed E-state index contributed by atoms with van der Waals surface area (Å²) in [6, 6.07) is 8.11. The maximum absolute atomic E-state index is 12.9. The van der Waals surface area contributed by atoms with E-state index >= 15 is 0 Å². The van der Waals surface area contributed by atoms with Crippen molar-refractivity contribution in [2.75, 3.05) is 25.1 Å². The minimum absolute atomic E-state index is 0.217. The molecule has 1 unspecified atom stereocenters. The highest BCUT2D eigenvalue weighted by Crippen LogP contribution is 2.31. The number of likely N-dealkylation sites (tertiary alicyclic amines) is 1. The molecule has 1 aromatic carbocycles. The average Bonchev–Trinajstić information content (AvgIpc) is 3.43. The standard InChI is InChI=1S/C22H28N2O5/c1-3-12-27-18-10-9-16(15-20(18)28-13-4-2)23-21(25)17-7-5-11-24(17)22(26)19-8-6-14-29-19/h6,8-10,14-15,17H,3-5,7,11-13H2,1-2H3,(H,23,25). The summed E-state index contributed by atoms with van der Waals surface area (Å²) in [4.78, 5) is 27.1. The molecule has 1 N–H and O–H groups in total. The molecule has 1 fully saturated rings. The van der Waals surface area contributed by atoms with Crippen LogP contribution < -0.4 is 14.8 Å². The molecule has 156 valence electrons. The summed E-state index contributed by atoms with van der Waals surface area (Å²) in [6.45, 7) is 5.77. The lowest BCUT2D eigenvalue weighted by molar-refractivity contribution is -0.119. The summed E-state index contributed by atoms with van der Waals surface area (Å²) < 4.78 is 16.7. The second kappa shape index (κ2) is 10.0. The van der Waals surface area contributed by atoms with Gasteiger partial charge in [-0.3, -0.25) is 9.59 Å². The van der Waals surface area contributed by atoms with E-state index in [4.69, 9.17) is 13.9 Å². The third-order valence-electron chi connectivity index (χ3n) is 4.68. The summed E-state index contributed by atoms with van der Waals surface area (Å²) in [5.74, 6) is 1.04. The molecule has 7 nitrogen and oxygen atoms in total. The summed E-state index contributed by atoms with van der Waals surface area (Å²) in [7, 11) is 0. The smallest absolute Gasteiger partial charge is 0.290 e. The number of nitrogens with one attached hydrogen (secondary N) is 1. The van der Waals surface area contributed by atoms with Gasteiger partial charge in [-0.1, -0.05) is 13.8 Å². The predicted octanol–water partition coefficient (Wildman–Crippen LogP) is 4.10. The topological polar surface area (TPSA) is 81.0 Å². The molecule has 2 heterocycles. The van der Waals surface area contributed by atoms with E-state index in [-0.39, 0.29) is 17.6 Å². The SMILES string of the molecule is CCCOc1ccc(NC(=O)C2CCCN2C(=O)c2ccco2)cc1OCCC. The van der Waals surface area contributed by atoms with Crippen LogP contribution in [-0.4, -0.2) is 42.5 Å². The Morgan fingerprint density at radius 2 is 1.90 bits per heavy atom. The van der Waals surface area contributed by atoms with Gasteiger partial charge in [0.25, 0.3) is 5.91 Å². The number of hydrogen-bond donors (Lipinski definition) is 1. The van der Waals surface area contributed by atoms with Gasteiger partial charge in [-0.15, -0.1) is 0 Å². The van der Waals surface area contributed by atoms with Crippen molar-refractivity contribution >= 4 is 17.5 Å². The van der Waals surface area contributed by atoms with Gasteiger partial charge >= 0.3 is 0 Å². The number of benzene rings is 1. The zero-order valence-electron chi connectivity index (χ0n) is 17.0. The Kier molecular flexibility index (Phi) is 7.16. The predicted molar refractivity (Wildman–Crippen MR) is 109 cm³/mol. The van der Waals surface area contributed by atoms with Crippen molar-refractivity contribution in [3.8, 4) is 11.5 Å². The van der Waals surface area contributed by atoms with Crippen molar-refractivity contribution in [3.63, 3.8) is 0 Å². The Hall–Kier alpha value is -2.96. The summed E-state index contributed by atoms with van der Waals surface area (Å²) in [6.07, 6.45) is 4.62. The van der Waals surface area contributed by atoms with Crippen molar-refractivity contribution < 1.29 is 23.5 Å². The molecule has 0 spiro atoms. The van der Waals surface area contributed by atoms with Crippen LogP contribution in [0.5, 0.6) is 11.5 Å². The minimum Gasteiger partial charge on any atom is -0.490 e. The van der Waals surface area contributed by atoms with Crippen LogP contribution in [0, 0.1) is 0 Å². The fraction of sp³-hybridized carbons (Fsp3) is 0.455. The zero-order valence-corrected chi connectivity index (χ0v) is 17.0. The molecule has 1 atom stereocenters. The van der Waals surface area contributed by atoms with Gasteiger partial charge < -0.3 is 24.1 Å². The van der Waals surface area contributed by atoms with Crippen LogP contribution in [0.1, 0.15) is 50.1 Å². The molecule has 0 saturated carbocycles. The number of rotatable bonds is 9. The molecule has 3 rings (SSSR count). The van der Waals surface area contributed by atoms with Crippen LogP contribution in [0.2, 0.25) is 0 Å². The van der Waals surface area contributed by atoms with Crippen LogP contribution >= 0.6 is 0 Å². The van der Waals surface area contributed by atoms with Gasteiger partial charge in [0.05, 0.1) is 19.5 Å². The third kappa shape index (κ3) is 5.10. The molecule has 1 aliphatic rings. The first-order valence-electron chi connectivity index (χ1n) is 10.2. The Morgan fingerprint density at radius 1 is 1.14 bits per heavy atom. The lowest BCUT2D eigenvalue weighted by Crippen LogP contribution is -2.43. The van der Waals surface area contributed by atoms with Crippen molar-refractivity contribution in [1.82, 2.24) is 4.90 Å².